The first-order valence-electron chi connectivity index (χ1n) is 10.2. The Morgan fingerprint density at radius 1 is 0.882 bits per heavy atom. The normalized spacial score (nSPS) is 11.3. The molecule has 0 radical (unpaired) electrons. The first-order chi connectivity index (χ1) is 16.2. The van der Waals surface area contributed by atoms with E-state index in [4.69, 9.17) is 14.2 Å². The van der Waals surface area contributed by atoms with Gasteiger partial charge in [-0.2, -0.15) is 13.2 Å². The van der Waals surface area contributed by atoms with Crippen molar-refractivity contribution in [2.24, 2.45) is 0 Å². The molecule has 0 aliphatic carbocycles. The van der Waals surface area contributed by atoms with Crippen LogP contribution in [-0.2, 0) is 17.5 Å². The summed E-state index contributed by atoms with van der Waals surface area (Å²) in [6.07, 6.45) is 1.02. The topological polar surface area (TPSA) is 44.8 Å². The van der Waals surface area contributed by atoms with E-state index in [-0.39, 0.29) is 6.61 Å². The lowest BCUT2D eigenvalue weighted by Crippen LogP contribution is -2.07. The number of ether oxygens (including phenoxy) is 3. The number of benzene rings is 3. The number of alkyl halides is 3. The predicted octanol–water partition coefficient (Wildman–Crippen LogP) is 6.89. The van der Waals surface area contributed by atoms with Crippen LogP contribution in [0, 0.1) is 0 Å². The Labute approximate surface area is 195 Å². The van der Waals surface area contributed by atoms with Crippen molar-refractivity contribution in [2.75, 3.05) is 14.2 Å². The van der Waals surface area contributed by atoms with Crippen molar-refractivity contribution in [2.45, 2.75) is 12.8 Å². The largest absolute Gasteiger partial charge is 0.496 e. The van der Waals surface area contributed by atoms with Gasteiger partial charge in [0.05, 0.1) is 30.9 Å². The minimum absolute atomic E-state index is 0.122. The second-order valence-corrected chi connectivity index (χ2v) is 7.27. The molecule has 3 rings (SSSR count). The number of carbonyl (C=O) groups is 1. The average molecular weight is 468 g/mol. The molecule has 0 amide bonds. The minimum atomic E-state index is -4.40. The maximum Gasteiger partial charge on any atom is 0.416 e. The van der Waals surface area contributed by atoms with E-state index in [0.717, 1.165) is 28.8 Å². The first kappa shape index (κ1) is 24.6. The van der Waals surface area contributed by atoms with Crippen molar-refractivity contribution in [3.8, 4) is 11.5 Å². The summed E-state index contributed by atoms with van der Waals surface area (Å²) in [6.45, 7) is 3.66. The molecule has 0 heterocycles. The Bertz CT molecular complexity index is 1150. The molecule has 0 unspecified atom stereocenters. The van der Waals surface area contributed by atoms with Gasteiger partial charge < -0.3 is 14.2 Å². The van der Waals surface area contributed by atoms with Crippen LogP contribution < -0.4 is 9.47 Å². The van der Waals surface area contributed by atoms with Crippen molar-refractivity contribution in [3.05, 3.63) is 101 Å². The van der Waals surface area contributed by atoms with Crippen LogP contribution in [0.3, 0.4) is 0 Å². The average Bonchev–Trinajstić information content (AvgIpc) is 2.85. The quantitative estimate of drug-likeness (QED) is 0.267. The highest BCUT2D eigenvalue weighted by atomic mass is 19.4. The Morgan fingerprint density at radius 3 is 1.94 bits per heavy atom. The van der Waals surface area contributed by atoms with Gasteiger partial charge in [-0.3, -0.25) is 0 Å². The molecule has 0 fully saturated rings. The van der Waals surface area contributed by atoms with Crippen LogP contribution in [-0.4, -0.2) is 20.2 Å². The van der Waals surface area contributed by atoms with Gasteiger partial charge in [0, 0.05) is 0 Å². The Hall–Kier alpha value is -4.00. The summed E-state index contributed by atoms with van der Waals surface area (Å²) in [5, 5.41) is 0. The van der Waals surface area contributed by atoms with Crippen molar-refractivity contribution >= 4 is 24.2 Å². The van der Waals surface area contributed by atoms with Crippen LogP contribution >= 0.6 is 0 Å². The molecule has 3 aromatic rings. The van der Waals surface area contributed by atoms with Crippen LogP contribution in [0.4, 0.5) is 13.2 Å². The molecular weight excluding hydrogens is 445 g/mol. The van der Waals surface area contributed by atoms with Gasteiger partial charge in [0.2, 0.25) is 0 Å². The monoisotopic (exact) mass is 468 g/mol. The standard InChI is InChI=1S/C27H23F3O4/c1-4-23-24(32-2)15-20(16-25(23)33-3)6-5-18-7-11-21(12-8-18)26(31)34-17-19-9-13-22(14-10-19)27(28,29)30/h4-16H,1,17H2,2-3H3/b6-5+. The van der Waals surface area contributed by atoms with Crippen molar-refractivity contribution < 1.29 is 32.2 Å². The van der Waals surface area contributed by atoms with E-state index in [1.807, 2.05) is 24.3 Å². The molecule has 0 saturated carbocycles. The summed E-state index contributed by atoms with van der Waals surface area (Å²) < 4.78 is 53.9. The van der Waals surface area contributed by atoms with Gasteiger partial charge in [0.1, 0.15) is 18.1 Å². The van der Waals surface area contributed by atoms with Crippen molar-refractivity contribution in [3.63, 3.8) is 0 Å². The van der Waals surface area contributed by atoms with Crippen LogP contribution in [0.15, 0.2) is 67.2 Å². The number of hydrogen-bond acceptors (Lipinski definition) is 4. The fourth-order valence-corrected chi connectivity index (χ4v) is 3.20. The van der Waals surface area contributed by atoms with Gasteiger partial charge >= 0.3 is 12.1 Å². The molecule has 0 atom stereocenters. The summed E-state index contributed by atoms with van der Waals surface area (Å²) in [4.78, 5) is 12.3. The second kappa shape index (κ2) is 10.7. The third-order valence-corrected chi connectivity index (χ3v) is 5.04. The van der Waals surface area contributed by atoms with Gasteiger partial charge in [0.15, 0.2) is 0 Å². The molecular formula is C27H23F3O4. The van der Waals surface area contributed by atoms with Gasteiger partial charge in [-0.15, -0.1) is 0 Å². The molecule has 0 bridgehead atoms. The molecule has 4 nitrogen and oxygen atoms in total. The lowest BCUT2D eigenvalue weighted by molar-refractivity contribution is -0.137. The highest BCUT2D eigenvalue weighted by molar-refractivity contribution is 5.89. The number of esters is 1. The molecule has 0 aliphatic rings. The fourth-order valence-electron chi connectivity index (χ4n) is 3.20. The van der Waals surface area contributed by atoms with Gasteiger partial charge in [-0.1, -0.05) is 49.1 Å². The van der Waals surface area contributed by atoms with Crippen LogP contribution in [0.2, 0.25) is 0 Å². The third-order valence-electron chi connectivity index (χ3n) is 5.04. The second-order valence-electron chi connectivity index (χ2n) is 7.27. The van der Waals surface area contributed by atoms with Gasteiger partial charge in [-0.25, -0.2) is 4.79 Å². The summed E-state index contributed by atoms with van der Waals surface area (Å²) in [7, 11) is 3.15. The Balaban J connectivity index is 1.64. The molecule has 0 aliphatic heterocycles. The van der Waals surface area contributed by atoms with Crippen LogP contribution in [0.5, 0.6) is 11.5 Å². The lowest BCUT2D eigenvalue weighted by atomic mass is 10.1. The first-order valence-corrected chi connectivity index (χ1v) is 10.2. The predicted molar refractivity (Wildman–Crippen MR) is 126 cm³/mol. The Morgan fingerprint density at radius 2 is 1.44 bits per heavy atom. The van der Waals surface area contributed by atoms with Crippen molar-refractivity contribution in [1.82, 2.24) is 0 Å². The molecule has 34 heavy (non-hydrogen) atoms. The molecule has 0 N–H and O–H groups in total. The van der Waals surface area contributed by atoms with Gasteiger partial charge in [-0.05, 0) is 53.1 Å². The maximum absolute atomic E-state index is 12.6. The summed E-state index contributed by atoms with van der Waals surface area (Å²) in [5.41, 5.74) is 2.53. The zero-order chi connectivity index (χ0) is 24.7. The Kier molecular flexibility index (Phi) is 7.79. The minimum Gasteiger partial charge on any atom is -0.496 e. The summed E-state index contributed by atoms with van der Waals surface area (Å²) >= 11 is 0. The van der Waals surface area contributed by atoms with E-state index in [9.17, 15) is 18.0 Å². The summed E-state index contributed by atoms with van der Waals surface area (Å²) in [6, 6.07) is 15.0. The maximum atomic E-state index is 12.6. The molecule has 0 saturated heterocycles. The molecule has 0 aromatic heterocycles. The van der Waals surface area contributed by atoms with E-state index in [1.165, 1.54) is 12.1 Å². The fraction of sp³-hybridized carbons (Fsp3) is 0.148. The molecule has 7 heteroatoms. The number of rotatable bonds is 8. The van der Waals surface area contributed by atoms with Crippen molar-refractivity contribution in [1.29, 1.82) is 0 Å². The van der Waals surface area contributed by atoms with E-state index in [1.54, 1.807) is 44.6 Å². The summed E-state index contributed by atoms with van der Waals surface area (Å²) in [5.74, 6) is 0.713. The number of methoxy groups -OCH3 is 2. The number of halogens is 3. The third kappa shape index (κ3) is 6.07. The number of carbonyl (C=O) groups excluding carboxylic acids is 1. The zero-order valence-corrected chi connectivity index (χ0v) is 18.7. The highest BCUT2D eigenvalue weighted by Gasteiger charge is 2.29. The molecule has 0 spiro atoms. The van der Waals surface area contributed by atoms with E-state index >= 15 is 0 Å². The molecule has 3 aromatic carbocycles. The smallest absolute Gasteiger partial charge is 0.416 e. The van der Waals surface area contributed by atoms with E-state index < -0.39 is 17.7 Å². The SMILES string of the molecule is C=Cc1c(OC)cc(/C=C/c2ccc(C(=O)OCc3ccc(C(F)(F)F)cc3)cc2)cc1OC. The highest BCUT2D eigenvalue weighted by Crippen LogP contribution is 2.32. The lowest BCUT2D eigenvalue weighted by Gasteiger charge is -2.11. The zero-order valence-electron chi connectivity index (χ0n) is 18.7. The van der Waals surface area contributed by atoms with Crippen LogP contribution in [0.25, 0.3) is 18.2 Å². The van der Waals surface area contributed by atoms with E-state index in [2.05, 4.69) is 6.58 Å². The number of hydrogen-bond donors (Lipinski definition) is 0. The van der Waals surface area contributed by atoms with Crippen LogP contribution in [0.1, 0.15) is 38.2 Å². The van der Waals surface area contributed by atoms with E-state index in [0.29, 0.717) is 22.6 Å². The van der Waals surface area contributed by atoms with Gasteiger partial charge in [0.25, 0.3) is 0 Å². The molecule has 176 valence electrons.